The van der Waals surface area contributed by atoms with E-state index >= 15 is 0 Å². The maximum atomic E-state index is 12.2. The Morgan fingerprint density at radius 1 is 1.16 bits per heavy atom. The van der Waals surface area contributed by atoms with Crippen molar-refractivity contribution in [1.29, 1.82) is 0 Å². The molecule has 25 heavy (non-hydrogen) atoms. The molecule has 1 aromatic carbocycles. The average Bonchev–Trinajstić information content (AvgIpc) is 3.05. The molecule has 3 heterocycles. The third-order valence-electron chi connectivity index (χ3n) is 4.43. The van der Waals surface area contributed by atoms with Crippen molar-refractivity contribution in [3.05, 3.63) is 59.7 Å². The summed E-state index contributed by atoms with van der Waals surface area (Å²) in [5, 5.41) is 10.3. The number of hydrogen-bond donors (Lipinski definition) is 2. The number of rotatable bonds is 3. The van der Waals surface area contributed by atoms with Crippen LogP contribution in [0.4, 0.5) is 5.82 Å². The van der Waals surface area contributed by atoms with E-state index in [-0.39, 0.29) is 17.7 Å². The average molecular weight is 333 g/mol. The lowest BCUT2D eigenvalue weighted by atomic mass is 9.87. The minimum atomic E-state index is -0.141. The Balaban J connectivity index is 1.85. The monoisotopic (exact) mass is 333 g/mol. The predicted octanol–water partition coefficient (Wildman–Crippen LogP) is 3.46. The number of H-pyrrole nitrogens is 1. The molecule has 0 bridgehead atoms. The van der Waals surface area contributed by atoms with E-state index in [0.717, 1.165) is 28.3 Å². The van der Waals surface area contributed by atoms with E-state index in [4.69, 9.17) is 4.98 Å². The smallest absolute Gasteiger partial charge is 0.226 e. The van der Waals surface area contributed by atoms with Gasteiger partial charge in [0.25, 0.3) is 0 Å². The number of aromatic nitrogens is 4. The second-order valence-electron chi connectivity index (χ2n) is 6.53. The molecule has 0 spiro atoms. The summed E-state index contributed by atoms with van der Waals surface area (Å²) >= 11 is 0. The van der Waals surface area contributed by atoms with Crippen LogP contribution in [0.1, 0.15) is 49.2 Å². The van der Waals surface area contributed by atoms with Crippen molar-refractivity contribution in [2.24, 2.45) is 0 Å². The summed E-state index contributed by atoms with van der Waals surface area (Å²) in [7, 11) is 0. The van der Waals surface area contributed by atoms with E-state index < -0.39 is 0 Å². The minimum absolute atomic E-state index is 0.0479. The van der Waals surface area contributed by atoms with Crippen LogP contribution in [0.3, 0.4) is 0 Å². The van der Waals surface area contributed by atoms with Crippen LogP contribution >= 0.6 is 0 Å². The van der Waals surface area contributed by atoms with Gasteiger partial charge in [0.1, 0.15) is 5.82 Å². The summed E-state index contributed by atoms with van der Waals surface area (Å²) < 4.78 is 0. The van der Waals surface area contributed by atoms with Crippen molar-refractivity contribution in [2.75, 3.05) is 5.32 Å². The van der Waals surface area contributed by atoms with Crippen LogP contribution in [-0.2, 0) is 4.79 Å². The first-order valence-corrected chi connectivity index (χ1v) is 8.40. The van der Waals surface area contributed by atoms with Crippen LogP contribution in [-0.4, -0.2) is 26.1 Å². The minimum Gasteiger partial charge on any atom is -0.309 e. The molecule has 0 unspecified atom stereocenters. The Labute approximate surface area is 145 Å². The summed E-state index contributed by atoms with van der Waals surface area (Å²) in [5.41, 5.74) is 3.80. The highest BCUT2D eigenvalue weighted by atomic mass is 16.1. The molecule has 6 heteroatoms. The van der Waals surface area contributed by atoms with Gasteiger partial charge in [-0.15, -0.1) is 0 Å². The van der Waals surface area contributed by atoms with Crippen molar-refractivity contribution in [1.82, 2.24) is 20.2 Å². The summed E-state index contributed by atoms with van der Waals surface area (Å²) in [6.07, 6.45) is 2.12. The zero-order chi connectivity index (χ0) is 17.4. The van der Waals surface area contributed by atoms with E-state index in [1.807, 2.05) is 36.4 Å². The first-order chi connectivity index (χ1) is 12.1. The van der Waals surface area contributed by atoms with Gasteiger partial charge in [-0.3, -0.25) is 9.89 Å². The van der Waals surface area contributed by atoms with Gasteiger partial charge in [-0.2, -0.15) is 5.10 Å². The zero-order valence-corrected chi connectivity index (χ0v) is 14.2. The molecule has 1 amide bonds. The van der Waals surface area contributed by atoms with Crippen molar-refractivity contribution in [2.45, 2.75) is 32.1 Å². The lowest BCUT2D eigenvalue weighted by Crippen LogP contribution is -2.24. The quantitative estimate of drug-likeness (QED) is 0.769. The van der Waals surface area contributed by atoms with Gasteiger partial charge in [0, 0.05) is 30.0 Å². The fourth-order valence-electron chi connectivity index (χ4n) is 3.19. The summed E-state index contributed by atoms with van der Waals surface area (Å²) in [6.45, 7) is 4.12. The van der Waals surface area contributed by atoms with Crippen LogP contribution in [0.2, 0.25) is 0 Å². The Morgan fingerprint density at radius 3 is 2.72 bits per heavy atom. The number of anilines is 1. The third-order valence-corrected chi connectivity index (χ3v) is 4.43. The standard InChI is InChI=1S/C19H19N5O/c1-11(2)18-20-9-8-14(21-18)13-10-15(25)22-19-16(13)17(23-24-19)12-6-4-3-5-7-12/h3-9,11,13H,10H2,1-2H3,(H2,22,23,24,25)/t13-/m0/s1. The van der Waals surface area contributed by atoms with Gasteiger partial charge in [-0.25, -0.2) is 9.97 Å². The van der Waals surface area contributed by atoms with Gasteiger partial charge in [-0.05, 0) is 11.6 Å². The predicted molar refractivity (Wildman–Crippen MR) is 95.2 cm³/mol. The second-order valence-corrected chi connectivity index (χ2v) is 6.53. The highest BCUT2D eigenvalue weighted by Gasteiger charge is 2.33. The van der Waals surface area contributed by atoms with Gasteiger partial charge in [0.15, 0.2) is 5.82 Å². The van der Waals surface area contributed by atoms with E-state index in [9.17, 15) is 4.79 Å². The van der Waals surface area contributed by atoms with Gasteiger partial charge < -0.3 is 5.32 Å². The van der Waals surface area contributed by atoms with Crippen LogP contribution in [0.5, 0.6) is 0 Å². The molecule has 0 saturated carbocycles. The number of hydrogen-bond acceptors (Lipinski definition) is 4. The molecule has 0 aliphatic carbocycles. The third kappa shape index (κ3) is 2.80. The number of benzene rings is 1. The number of carbonyl (C=O) groups is 1. The summed E-state index contributed by atoms with van der Waals surface area (Å²) in [5.74, 6) is 1.42. The molecule has 4 rings (SSSR count). The molecule has 1 aliphatic rings. The molecular formula is C19H19N5O. The van der Waals surface area contributed by atoms with Crippen molar-refractivity contribution in [3.63, 3.8) is 0 Å². The molecule has 0 saturated heterocycles. The maximum Gasteiger partial charge on any atom is 0.226 e. The molecule has 2 aromatic heterocycles. The van der Waals surface area contributed by atoms with E-state index in [1.54, 1.807) is 6.20 Å². The number of aromatic amines is 1. The van der Waals surface area contributed by atoms with Crippen LogP contribution in [0.25, 0.3) is 11.3 Å². The maximum absolute atomic E-state index is 12.2. The highest BCUT2D eigenvalue weighted by Crippen LogP contribution is 2.41. The lowest BCUT2D eigenvalue weighted by Gasteiger charge is -2.23. The van der Waals surface area contributed by atoms with Gasteiger partial charge >= 0.3 is 0 Å². The van der Waals surface area contributed by atoms with Gasteiger partial charge in [-0.1, -0.05) is 44.2 Å². The molecule has 3 aromatic rings. The fourth-order valence-corrected chi connectivity index (χ4v) is 3.19. The Morgan fingerprint density at radius 2 is 1.96 bits per heavy atom. The Hall–Kier alpha value is -3.02. The Kier molecular flexibility index (Phi) is 3.80. The van der Waals surface area contributed by atoms with Crippen LogP contribution in [0.15, 0.2) is 42.6 Å². The number of nitrogens with one attached hydrogen (secondary N) is 2. The highest BCUT2D eigenvalue weighted by molar-refractivity contribution is 5.95. The van der Waals surface area contributed by atoms with Gasteiger partial charge in [0.2, 0.25) is 5.91 Å². The number of nitrogens with zero attached hydrogens (tertiary/aromatic N) is 3. The van der Waals surface area contributed by atoms with Crippen molar-refractivity contribution < 1.29 is 4.79 Å². The van der Waals surface area contributed by atoms with Crippen molar-refractivity contribution in [3.8, 4) is 11.3 Å². The fraction of sp³-hybridized carbons (Fsp3) is 0.263. The van der Waals surface area contributed by atoms with E-state index in [2.05, 4.69) is 34.3 Å². The van der Waals surface area contributed by atoms with Crippen LogP contribution < -0.4 is 5.32 Å². The molecular weight excluding hydrogens is 314 g/mol. The van der Waals surface area contributed by atoms with E-state index in [1.165, 1.54) is 0 Å². The van der Waals surface area contributed by atoms with Gasteiger partial charge in [0.05, 0.1) is 11.4 Å². The Bertz CT molecular complexity index is 917. The molecule has 6 nitrogen and oxygen atoms in total. The number of fused-ring (bicyclic) bond motifs is 1. The topological polar surface area (TPSA) is 83.6 Å². The lowest BCUT2D eigenvalue weighted by molar-refractivity contribution is -0.116. The molecule has 2 N–H and O–H groups in total. The molecule has 126 valence electrons. The second kappa shape index (κ2) is 6.12. The summed E-state index contributed by atoms with van der Waals surface area (Å²) in [4.78, 5) is 21.2. The largest absolute Gasteiger partial charge is 0.309 e. The summed E-state index contributed by atoms with van der Waals surface area (Å²) in [6, 6.07) is 11.9. The van der Waals surface area contributed by atoms with Crippen LogP contribution in [0, 0.1) is 0 Å². The zero-order valence-electron chi connectivity index (χ0n) is 14.2. The number of amides is 1. The molecule has 0 fully saturated rings. The van der Waals surface area contributed by atoms with E-state index in [0.29, 0.717) is 12.2 Å². The molecule has 1 atom stereocenters. The van der Waals surface area contributed by atoms with Crippen molar-refractivity contribution >= 4 is 11.7 Å². The molecule has 1 aliphatic heterocycles. The first-order valence-electron chi connectivity index (χ1n) is 8.40. The number of carbonyl (C=O) groups excluding carboxylic acids is 1. The SMILES string of the molecule is CC(C)c1nccc([C@@H]2CC(=O)Nc3n[nH]c(-c4ccccc4)c32)n1. The normalized spacial score (nSPS) is 16.6. The molecule has 0 radical (unpaired) electrons. The first kappa shape index (κ1) is 15.5.